The van der Waals surface area contributed by atoms with Crippen molar-refractivity contribution in [1.82, 2.24) is 10.6 Å². The monoisotopic (exact) mass is 478 g/mol. The summed E-state index contributed by atoms with van der Waals surface area (Å²) in [5.74, 6) is 1.98. The predicted octanol–water partition coefficient (Wildman–Crippen LogP) is 2.86. The van der Waals surface area contributed by atoms with Gasteiger partial charge in [0.15, 0.2) is 17.5 Å². The number of guanidine groups is 1. The van der Waals surface area contributed by atoms with Gasteiger partial charge in [-0.05, 0) is 19.1 Å². The van der Waals surface area contributed by atoms with Crippen molar-refractivity contribution < 1.29 is 14.3 Å². The number of carbonyl (C=O) groups is 1. The van der Waals surface area contributed by atoms with Crippen LogP contribution in [0.3, 0.4) is 0 Å². The number of rotatable bonds is 7. The van der Waals surface area contributed by atoms with Crippen LogP contribution < -0.4 is 25.4 Å². The summed E-state index contributed by atoms with van der Waals surface area (Å²) >= 11 is 0. The first kappa shape index (κ1) is 24.3. The number of hydrogen-bond acceptors (Lipinski definition) is 4. The molecule has 0 aliphatic rings. The van der Waals surface area contributed by atoms with Gasteiger partial charge < -0.3 is 25.4 Å². The molecular weight excluding hydrogens is 447 g/mol. The van der Waals surface area contributed by atoms with Crippen LogP contribution in [0, 0.1) is 5.41 Å². The van der Waals surface area contributed by atoms with Gasteiger partial charge >= 0.3 is 0 Å². The SMILES string of the molecule is CCOc1cc(NC(=NC)NCCNC(=O)C(C)(C)C)ccc1OC.I. The largest absolute Gasteiger partial charge is 0.493 e. The lowest BCUT2D eigenvalue weighted by Crippen LogP contribution is -2.41. The number of nitrogens with one attached hydrogen (secondary N) is 3. The molecule has 26 heavy (non-hydrogen) atoms. The Balaban J connectivity index is 0.00000625. The zero-order valence-electron chi connectivity index (χ0n) is 16.4. The van der Waals surface area contributed by atoms with Crippen LogP contribution in [0.25, 0.3) is 0 Å². The number of ether oxygens (including phenoxy) is 2. The highest BCUT2D eigenvalue weighted by atomic mass is 127. The maximum absolute atomic E-state index is 11.8. The van der Waals surface area contributed by atoms with Crippen molar-refractivity contribution in [2.75, 3.05) is 39.2 Å². The average molecular weight is 478 g/mol. The molecule has 148 valence electrons. The minimum absolute atomic E-state index is 0. The van der Waals surface area contributed by atoms with Crippen molar-refractivity contribution in [3.05, 3.63) is 18.2 Å². The lowest BCUT2D eigenvalue weighted by molar-refractivity contribution is -0.128. The number of methoxy groups -OCH3 is 1. The van der Waals surface area contributed by atoms with E-state index < -0.39 is 5.41 Å². The molecule has 1 amide bonds. The highest BCUT2D eigenvalue weighted by Crippen LogP contribution is 2.30. The van der Waals surface area contributed by atoms with Crippen molar-refractivity contribution >= 4 is 41.5 Å². The molecule has 0 heterocycles. The summed E-state index contributed by atoms with van der Waals surface area (Å²) in [5.41, 5.74) is 0.440. The highest BCUT2D eigenvalue weighted by Gasteiger charge is 2.20. The van der Waals surface area contributed by atoms with Gasteiger partial charge in [0.1, 0.15) is 0 Å². The van der Waals surface area contributed by atoms with Crippen molar-refractivity contribution in [2.24, 2.45) is 10.4 Å². The predicted molar refractivity (Wildman–Crippen MR) is 117 cm³/mol. The molecule has 0 saturated carbocycles. The number of carbonyl (C=O) groups excluding carboxylic acids is 1. The number of benzene rings is 1. The maximum Gasteiger partial charge on any atom is 0.225 e. The van der Waals surface area contributed by atoms with Gasteiger partial charge in [0.25, 0.3) is 0 Å². The van der Waals surface area contributed by atoms with E-state index in [0.29, 0.717) is 37.2 Å². The topological polar surface area (TPSA) is 84.0 Å². The van der Waals surface area contributed by atoms with Gasteiger partial charge in [-0.25, -0.2) is 0 Å². The van der Waals surface area contributed by atoms with E-state index in [1.807, 2.05) is 45.9 Å². The van der Waals surface area contributed by atoms with E-state index in [-0.39, 0.29) is 29.9 Å². The number of nitrogens with zero attached hydrogens (tertiary/aromatic N) is 1. The average Bonchev–Trinajstić information content (AvgIpc) is 2.57. The third-order valence-corrected chi connectivity index (χ3v) is 3.33. The Morgan fingerprint density at radius 2 is 1.81 bits per heavy atom. The molecule has 0 aliphatic heterocycles. The molecule has 0 fully saturated rings. The summed E-state index contributed by atoms with van der Waals surface area (Å²) < 4.78 is 10.8. The molecule has 0 unspecified atom stereocenters. The van der Waals surface area contributed by atoms with Crippen LogP contribution in [0.1, 0.15) is 27.7 Å². The van der Waals surface area contributed by atoms with E-state index in [1.165, 1.54) is 0 Å². The van der Waals surface area contributed by atoms with Gasteiger partial charge in [-0.15, -0.1) is 24.0 Å². The van der Waals surface area contributed by atoms with Crippen LogP contribution in [-0.2, 0) is 4.79 Å². The van der Waals surface area contributed by atoms with Crippen molar-refractivity contribution in [2.45, 2.75) is 27.7 Å². The Hall–Kier alpha value is -1.71. The molecule has 0 aromatic heterocycles. The smallest absolute Gasteiger partial charge is 0.225 e. The van der Waals surface area contributed by atoms with Gasteiger partial charge in [0.2, 0.25) is 5.91 Å². The van der Waals surface area contributed by atoms with E-state index in [9.17, 15) is 4.79 Å². The van der Waals surface area contributed by atoms with Crippen molar-refractivity contribution in [3.63, 3.8) is 0 Å². The third-order valence-electron chi connectivity index (χ3n) is 3.33. The first-order chi connectivity index (χ1) is 11.8. The number of aliphatic imine (C=N–C) groups is 1. The quantitative estimate of drug-likeness (QED) is 0.243. The molecule has 7 nitrogen and oxygen atoms in total. The van der Waals surface area contributed by atoms with Crippen LogP contribution >= 0.6 is 24.0 Å². The molecule has 1 rings (SSSR count). The Morgan fingerprint density at radius 1 is 1.15 bits per heavy atom. The van der Waals surface area contributed by atoms with Crippen LogP contribution in [0.4, 0.5) is 5.69 Å². The Labute approximate surface area is 173 Å². The minimum Gasteiger partial charge on any atom is -0.493 e. The highest BCUT2D eigenvalue weighted by molar-refractivity contribution is 14.0. The second kappa shape index (κ2) is 11.8. The van der Waals surface area contributed by atoms with Gasteiger partial charge in [0.05, 0.1) is 13.7 Å². The fourth-order valence-corrected chi connectivity index (χ4v) is 1.96. The first-order valence-electron chi connectivity index (χ1n) is 8.38. The van der Waals surface area contributed by atoms with Crippen LogP contribution in [0.5, 0.6) is 11.5 Å². The fourth-order valence-electron chi connectivity index (χ4n) is 1.96. The lowest BCUT2D eigenvalue weighted by Gasteiger charge is -2.18. The zero-order valence-corrected chi connectivity index (χ0v) is 18.8. The van der Waals surface area contributed by atoms with Crippen LogP contribution in [0.2, 0.25) is 0 Å². The molecule has 0 aliphatic carbocycles. The lowest BCUT2D eigenvalue weighted by atomic mass is 9.96. The Kier molecular flexibility index (Phi) is 11.0. The molecule has 8 heteroatoms. The maximum atomic E-state index is 11.8. The summed E-state index contributed by atoms with van der Waals surface area (Å²) in [6.07, 6.45) is 0. The summed E-state index contributed by atoms with van der Waals surface area (Å²) in [6, 6.07) is 5.58. The van der Waals surface area contributed by atoms with E-state index in [4.69, 9.17) is 9.47 Å². The molecule has 0 radical (unpaired) electrons. The van der Waals surface area contributed by atoms with Crippen molar-refractivity contribution in [1.29, 1.82) is 0 Å². The third kappa shape index (κ3) is 8.11. The normalized spacial score (nSPS) is 11.2. The van der Waals surface area contributed by atoms with Crippen LogP contribution in [-0.4, -0.2) is 45.7 Å². The number of halogens is 1. The molecular formula is C18H31IN4O3. The van der Waals surface area contributed by atoms with Gasteiger partial charge in [-0.3, -0.25) is 9.79 Å². The number of anilines is 1. The Morgan fingerprint density at radius 3 is 2.35 bits per heavy atom. The van der Waals surface area contributed by atoms with Gasteiger partial charge in [0, 0.05) is 37.3 Å². The molecule has 1 aromatic rings. The summed E-state index contributed by atoms with van der Waals surface area (Å²) in [4.78, 5) is 16.0. The first-order valence-corrected chi connectivity index (χ1v) is 8.38. The van der Waals surface area contributed by atoms with E-state index in [1.54, 1.807) is 14.2 Å². The molecule has 1 aromatic carbocycles. The second-order valence-electron chi connectivity index (χ2n) is 6.43. The van der Waals surface area contributed by atoms with Gasteiger partial charge in [-0.2, -0.15) is 0 Å². The summed E-state index contributed by atoms with van der Waals surface area (Å²) in [7, 11) is 3.30. The molecule has 0 saturated heterocycles. The summed E-state index contributed by atoms with van der Waals surface area (Å²) in [5, 5.41) is 9.23. The van der Waals surface area contributed by atoms with E-state index >= 15 is 0 Å². The van der Waals surface area contributed by atoms with E-state index in [0.717, 1.165) is 5.69 Å². The fraction of sp³-hybridized carbons (Fsp3) is 0.556. The minimum atomic E-state index is -0.390. The number of amides is 1. The summed E-state index contributed by atoms with van der Waals surface area (Å²) in [6.45, 7) is 9.22. The number of hydrogen-bond donors (Lipinski definition) is 3. The van der Waals surface area contributed by atoms with Crippen molar-refractivity contribution in [3.8, 4) is 11.5 Å². The van der Waals surface area contributed by atoms with E-state index in [2.05, 4.69) is 20.9 Å². The molecule has 0 bridgehead atoms. The standard InChI is InChI=1S/C18H30N4O3.HI/c1-7-25-15-12-13(8-9-14(15)24-6)22-17(19-5)21-11-10-20-16(23)18(2,3)4;/h8-9,12H,7,10-11H2,1-6H3,(H,20,23)(H2,19,21,22);1H. The van der Waals surface area contributed by atoms with Crippen LogP contribution in [0.15, 0.2) is 23.2 Å². The second-order valence-corrected chi connectivity index (χ2v) is 6.43. The molecule has 3 N–H and O–H groups in total. The molecule has 0 atom stereocenters. The zero-order chi connectivity index (χ0) is 18.9. The Bertz CT molecular complexity index is 601. The van der Waals surface area contributed by atoms with Gasteiger partial charge in [-0.1, -0.05) is 20.8 Å². The molecule has 0 spiro atoms.